The van der Waals surface area contributed by atoms with Gasteiger partial charge in [0.05, 0.1) is 5.54 Å². The largest absolute Gasteiger partial charge is 0.332 e. The minimum Gasteiger partial charge on any atom is -0.332 e. The van der Waals surface area contributed by atoms with Gasteiger partial charge in [-0.15, -0.1) is 11.6 Å². The smallest absolute Gasteiger partial charge is 0.238 e. The van der Waals surface area contributed by atoms with Crippen molar-refractivity contribution < 1.29 is 4.79 Å². The highest BCUT2D eigenvalue weighted by Crippen LogP contribution is 2.30. The molecule has 0 aliphatic carbocycles. The van der Waals surface area contributed by atoms with Gasteiger partial charge in [-0.05, 0) is 13.8 Å². The van der Waals surface area contributed by atoms with Crippen molar-refractivity contribution in [2.45, 2.75) is 19.4 Å². The molecule has 0 unspecified atom stereocenters. The lowest BCUT2D eigenvalue weighted by Gasteiger charge is -2.02. The van der Waals surface area contributed by atoms with Gasteiger partial charge in [0.1, 0.15) is 5.88 Å². The highest BCUT2D eigenvalue weighted by Gasteiger charge is 2.45. The molecular formula is C6H10ClNO. The Morgan fingerprint density at radius 2 is 2.22 bits per heavy atom. The molecule has 1 aliphatic heterocycles. The van der Waals surface area contributed by atoms with Crippen LogP contribution in [0.1, 0.15) is 13.8 Å². The summed E-state index contributed by atoms with van der Waals surface area (Å²) in [6.45, 7) is 4.91. The Morgan fingerprint density at radius 1 is 1.78 bits per heavy atom. The van der Waals surface area contributed by atoms with Crippen molar-refractivity contribution in [3.8, 4) is 0 Å². The van der Waals surface area contributed by atoms with Crippen LogP contribution < -0.4 is 0 Å². The van der Waals surface area contributed by atoms with Gasteiger partial charge in [0.25, 0.3) is 0 Å². The predicted molar refractivity (Wildman–Crippen MR) is 36.5 cm³/mol. The maximum Gasteiger partial charge on any atom is 0.238 e. The Hall–Kier alpha value is -0.240. The number of amides is 1. The van der Waals surface area contributed by atoms with Gasteiger partial charge in [-0.3, -0.25) is 4.79 Å². The molecule has 0 N–H and O–H groups in total. The van der Waals surface area contributed by atoms with E-state index in [1.807, 2.05) is 13.8 Å². The molecular weight excluding hydrogens is 138 g/mol. The van der Waals surface area contributed by atoms with Gasteiger partial charge < -0.3 is 4.90 Å². The van der Waals surface area contributed by atoms with Crippen molar-refractivity contribution in [2.75, 3.05) is 12.4 Å². The zero-order chi connectivity index (χ0) is 7.07. The molecule has 3 heteroatoms. The van der Waals surface area contributed by atoms with Crippen LogP contribution in [0.4, 0.5) is 0 Å². The number of alkyl halides is 1. The molecule has 0 radical (unpaired) electrons. The first kappa shape index (κ1) is 6.87. The van der Waals surface area contributed by atoms with Crippen LogP contribution in [0.25, 0.3) is 0 Å². The fourth-order valence-electron chi connectivity index (χ4n) is 0.849. The second-order valence-electron chi connectivity index (χ2n) is 2.93. The third-order valence-electron chi connectivity index (χ3n) is 1.59. The van der Waals surface area contributed by atoms with E-state index in [1.54, 1.807) is 4.90 Å². The zero-order valence-electron chi connectivity index (χ0n) is 5.65. The van der Waals surface area contributed by atoms with Gasteiger partial charge in [0.15, 0.2) is 0 Å². The first-order valence-electron chi connectivity index (χ1n) is 2.94. The molecule has 0 atom stereocenters. The molecule has 1 aliphatic rings. The molecule has 2 nitrogen and oxygen atoms in total. The summed E-state index contributed by atoms with van der Waals surface area (Å²) in [5.41, 5.74) is 0.0893. The second-order valence-corrected chi connectivity index (χ2v) is 3.19. The first-order chi connectivity index (χ1) is 4.08. The Labute approximate surface area is 59.8 Å². The van der Waals surface area contributed by atoms with Crippen LogP contribution >= 0.6 is 11.6 Å². The molecule has 9 heavy (non-hydrogen) atoms. The molecule has 1 heterocycles. The van der Waals surface area contributed by atoms with Gasteiger partial charge in [0, 0.05) is 6.54 Å². The van der Waals surface area contributed by atoms with Crippen LogP contribution in [0.3, 0.4) is 0 Å². The number of hydrogen-bond acceptors (Lipinski definition) is 1. The standard InChI is InChI=1S/C6H10ClNO/c1-6(2)4-8(6)5(9)3-7/h3-4H2,1-2H3. The van der Waals surface area contributed by atoms with Crippen molar-refractivity contribution in [3.63, 3.8) is 0 Å². The van der Waals surface area contributed by atoms with Gasteiger partial charge in [-0.1, -0.05) is 0 Å². The number of carbonyl (C=O) groups excluding carboxylic acids is 1. The summed E-state index contributed by atoms with van der Waals surface area (Å²) in [6.07, 6.45) is 0. The minimum absolute atomic E-state index is 0.0432. The van der Waals surface area contributed by atoms with Crippen LogP contribution in [0.15, 0.2) is 0 Å². The SMILES string of the molecule is CC1(C)CN1C(=O)CCl. The van der Waals surface area contributed by atoms with Crippen molar-refractivity contribution in [2.24, 2.45) is 0 Å². The molecule has 0 aromatic carbocycles. The fourth-order valence-corrected chi connectivity index (χ4v) is 0.994. The second kappa shape index (κ2) is 1.87. The van der Waals surface area contributed by atoms with E-state index < -0.39 is 0 Å². The first-order valence-corrected chi connectivity index (χ1v) is 3.48. The molecule has 1 saturated heterocycles. The van der Waals surface area contributed by atoms with E-state index in [0.717, 1.165) is 6.54 Å². The average Bonchev–Trinajstić information content (AvgIpc) is 2.38. The maximum atomic E-state index is 10.8. The van der Waals surface area contributed by atoms with Crippen LogP contribution in [0, 0.1) is 0 Å². The average molecular weight is 148 g/mol. The Morgan fingerprint density at radius 3 is 2.33 bits per heavy atom. The van der Waals surface area contributed by atoms with Crippen molar-refractivity contribution >= 4 is 17.5 Å². The third-order valence-corrected chi connectivity index (χ3v) is 1.82. The van der Waals surface area contributed by atoms with E-state index >= 15 is 0 Å². The fraction of sp³-hybridized carbons (Fsp3) is 0.833. The van der Waals surface area contributed by atoms with E-state index in [4.69, 9.17) is 11.6 Å². The lowest BCUT2D eigenvalue weighted by Crippen LogP contribution is -2.18. The summed E-state index contributed by atoms with van der Waals surface area (Å²) in [5.74, 6) is 0.158. The summed E-state index contributed by atoms with van der Waals surface area (Å²) >= 11 is 5.32. The van der Waals surface area contributed by atoms with Crippen LogP contribution in [0.5, 0.6) is 0 Å². The highest BCUT2D eigenvalue weighted by atomic mass is 35.5. The Kier molecular flexibility index (Phi) is 1.43. The lowest BCUT2D eigenvalue weighted by atomic mass is 10.2. The van der Waals surface area contributed by atoms with Crippen molar-refractivity contribution in [1.82, 2.24) is 4.90 Å². The van der Waals surface area contributed by atoms with Gasteiger partial charge in [-0.25, -0.2) is 0 Å². The summed E-state index contributed by atoms with van der Waals surface area (Å²) in [6, 6.07) is 0. The molecule has 1 amide bonds. The monoisotopic (exact) mass is 147 g/mol. The number of halogens is 1. The van der Waals surface area contributed by atoms with Crippen molar-refractivity contribution in [1.29, 1.82) is 0 Å². The van der Waals surface area contributed by atoms with Crippen LogP contribution in [-0.4, -0.2) is 28.8 Å². The number of hydrogen-bond donors (Lipinski definition) is 0. The Bertz CT molecular complexity index is 144. The topological polar surface area (TPSA) is 20.1 Å². The highest BCUT2D eigenvalue weighted by molar-refractivity contribution is 6.27. The third kappa shape index (κ3) is 1.18. The quantitative estimate of drug-likeness (QED) is 0.398. The van der Waals surface area contributed by atoms with Gasteiger partial charge in [-0.2, -0.15) is 0 Å². The van der Waals surface area contributed by atoms with E-state index in [2.05, 4.69) is 0 Å². The van der Waals surface area contributed by atoms with Crippen LogP contribution in [-0.2, 0) is 4.79 Å². The molecule has 0 aromatic heterocycles. The Balaban J connectivity index is 2.42. The summed E-state index contributed by atoms with van der Waals surface area (Å²) in [7, 11) is 0. The molecule has 0 saturated carbocycles. The van der Waals surface area contributed by atoms with E-state index in [9.17, 15) is 4.79 Å². The van der Waals surface area contributed by atoms with E-state index in [1.165, 1.54) is 0 Å². The van der Waals surface area contributed by atoms with Crippen molar-refractivity contribution in [3.05, 3.63) is 0 Å². The molecule has 1 rings (SSSR count). The number of rotatable bonds is 1. The molecule has 0 spiro atoms. The summed E-state index contributed by atoms with van der Waals surface area (Å²) in [5, 5.41) is 0. The normalized spacial score (nSPS) is 21.9. The number of carbonyl (C=O) groups is 1. The predicted octanol–water partition coefficient (Wildman–Crippen LogP) is 0.846. The summed E-state index contributed by atoms with van der Waals surface area (Å²) < 4.78 is 0. The molecule has 0 bridgehead atoms. The number of nitrogens with zero attached hydrogens (tertiary/aromatic N) is 1. The summed E-state index contributed by atoms with van der Waals surface area (Å²) in [4.78, 5) is 12.5. The maximum absolute atomic E-state index is 10.8. The minimum atomic E-state index is 0.0432. The lowest BCUT2D eigenvalue weighted by molar-refractivity contribution is -0.124. The zero-order valence-corrected chi connectivity index (χ0v) is 6.40. The van der Waals surface area contributed by atoms with E-state index in [-0.39, 0.29) is 17.3 Å². The molecule has 0 aromatic rings. The van der Waals surface area contributed by atoms with E-state index in [0.29, 0.717) is 0 Å². The van der Waals surface area contributed by atoms with Gasteiger partial charge in [0.2, 0.25) is 5.91 Å². The van der Waals surface area contributed by atoms with Gasteiger partial charge >= 0.3 is 0 Å². The van der Waals surface area contributed by atoms with Crippen LogP contribution in [0.2, 0.25) is 0 Å². The molecule has 1 fully saturated rings. The molecule has 52 valence electrons.